The molecule has 0 radical (unpaired) electrons. The number of carbonyl (C=O) groups is 2. The maximum atomic E-state index is 12.4. The van der Waals surface area contributed by atoms with Crippen LogP contribution in [-0.2, 0) is 9.59 Å². The lowest BCUT2D eigenvalue weighted by Crippen LogP contribution is -2.77. The van der Waals surface area contributed by atoms with E-state index >= 15 is 0 Å². The fourth-order valence-corrected chi connectivity index (χ4v) is 4.86. The van der Waals surface area contributed by atoms with Gasteiger partial charge in [0.25, 0.3) is 5.91 Å². The van der Waals surface area contributed by atoms with Crippen LogP contribution in [0, 0.1) is 0 Å². The molecule has 3 aliphatic rings. The van der Waals surface area contributed by atoms with Gasteiger partial charge in [-0.05, 0) is 20.3 Å². The first-order valence-electron chi connectivity index (χ1n) is 6.39. The van der Waals surface area contributed by atoms with Crippen LogP contribution in [0.15, 0.2) is 5.10 Å². The standard InChI is InChI=1S/C12H17N3O3S/c1-4-6-5-12(14-13-6)9(18)15-7(8(16)17)11(2,3)19-10(12)15/h7,10,14H,4-5H2,1-3H3,(H,16,17)/t7-,10+,12?/m0/s1. The summed E-state index contributed by atoms with van der Waals surface area (Å²) in [6.45, 7) is 5.77. The number of nitrogens with one attached hydrogen (secondary N) is 1. The number of hydrogen-bond donors (Lipinski definition) is 2. The topological polar surface area (TPSA) is 82.0 Å². The fourth-order valence-electron chi connectivity index (χ4n) is 3.18. The van der Waals surface area contributed by atoms with Crippen LogP contribution in [0.5, 0.6) is 0 Å². The third-order valence-electron chi connectivity index (χ3n) is 4.18. The summed E-state index contributed by atoms with van der Waals surface area (Å²) >= 11 is 1.55. The van der Waals surface area contributed by atoms with Crippen LogP contribution in [0.4, 0.5) is 0 Å². The largest absolute Gasteiger partial charge is 0.480 e. The van der Waals surface area contributed by atoms with Gasteiger partial charge in [-0.3, -0.25) is 10.2 Å². The number of hydrogen-bond acceptors (Lipinski definition) is 5. The summed E-state index contributed by atoms with van der Waals surface area (Å²) in [5, 5.41) is 13.4. The molecule has 1 spiro atoms. The lowest BCUT2D eigenvalue weighted by molar-refractivity contribution is -0.166. The van der Waals surface area contributed by atoms with E-state index in [1.165, 1.54) is 4.90 Å². The quantitative estimate of drug-likeness (QED) is 0.726. The van der Waals surface area contributed by atoms with Crippen LogP contribution >= 0.6 is 11.8 Å². The Kier molecular flexibility index (Phi) is 2.46. The number of nitrogens with zero attached hydrogens (tertiary/aromatic N) is 2. The Balaban J connectivity index is 1.90. The number of aliphatic carboxylic acids is 1. The molecular weight excluding hydrogens is 266 g/mol. The van der Waals surface area contributed by atoms with Crippen molar-refractivity contribution in [2.75, 3.05) is 0 Å². The molecule has 3 aliphatic heterocycles. The molecule has 3 heterocycles. The zero-order valence-corrected chi connectivity index (χ0v) is 12.0. The summed E-state index contributed by atoms with van der Waals surface area (Å²) < 4.78 is -0.480. The Bertz CT molecular complexity index is 504. The molecule has 2 N–H and O–H groups in total. The summed E-state index contributed by atoms with van der Waals surface area (Å²) in [7, 11) is 0. The number of amides is 1. The minimum absolute atomic E-state index is 0.129. The molecule has 19 heavy (non-hydrogen) atoms. The van der Waals surface area contributed by atoms with E-state index in [1.807, 2.05) is 20.8 Å². The van der Waals surface area contributed by atoms with Crippen molar-refractivity contribution in [3.63, 3.8) is 0 Å². The van der Waals surface area contributed by atoms with Gasteiger partial charge in [0, 0.05) is 16.9 Å². The Morgan fingerprint density at radius 2 is 2.32 bits per heavy atom. The van der Waals surface area contributed by atoms with E-state index in [9.17, 15) is 14.7 Å². The van der Waals surface area contributed by atoms with Crippen molar-refractivity contribution in [3.8, 4) is 0 Å². The lowest BCUT2D eigenvalue weighted by atomic mass is 9.81. The van der Waals surface area contributed by atoms with E-state index in [1.54, 1.807) is 11.8 Å². The van der Waals surface area contributed by atoms with Gasteiger partial charge in [0.2, 0.25) is 0 Å². The second-order valence-corrected chi connectivity index (χ2v) is 7.55. The number of thioether (sulfide) groups is 1. The molecule has 6 nitrogen and oxygen atoms in total. The number of carboxylic acids is 1. The highest BCUT2D eigenvalue weighted by Crippen LogP contribution is 2.56. The van der Waals surface area contributed by atoms with Crippen molar-refractivity contribution in [1.82, 2.24) is 10.3 Å². The molecule has 3 atom stereocenters. The van der Waals surface area contributed by atoms with Crippen molar-refractivity contribution in [1.29, 1.82) is 0 Å². The van der Waals surface area contributed by atoms with E-state index in [0.29, 0.717) is 6.42 Å². The zero-order chi connectivity index (χ0) is 14.0. The molecular formula is C12H17N3O3S. The van der Waals surface area contributed by atoms with E-state index in [2.05, 4.69) is 10.5 Å². The van der Waals surface area contributed by atoms with Gasteiger partial charge in [0.05, 0.1) is 0 Å². The molecule has 7 heteroatoms. The highest BCUT2D eigenvalue weighted by molar-refractivity contribution is 8.01. The number of rotatable bonds is 2. The Labute approximate surface area is 115 Å². The summed E-state index contributed by atoms with van der Waals surface area (Å²) in [5.41, 5.74) is 3.25. The minimum atomic E-state index is -0.933. The van der Waals surface area contributed by atoms with Gasteiger partial charge in [-0.15, -0.1) is 11.8 Å². The van der Waals surface area contributed by atoms with Crippen LogP contribution in [0.1, 0.15) is 33.6 Å². The predicted octanol–water partition coefficient (Wildman–Crippen LogP) is 0.631. The van der Waals surface area contributed by atoms with E-state index in [4.69, 9.17) is 0 Å². The second-order valence-electron chi connectivity index (χ2n) is 5.82. The molecule has 0 bridgehead atoms. The normalized spacial score (nSPS) is 38.8. The minimum Gasteiger partial charge on any atom is -0.480 e. The van der Waals surface area contributed by atoms with Crippen molar-refractivity contribution in [2.45, 2.75) is 55.3 Å². The van der Waals surface area contributed by atoms with E-state index < -0.39 is 22.3 Å². The average molecular weight is 283 g/mol. The third kappa shape index (κ3) is 1.42. The van der Waals surface area contributed by atoms with Gasteiger partial charge in [0.1, 0.15) is 11.4 Å². The first-order valence-corrected chi connectivity index (χ1v) is 7.27. The molecule has 1 unspecified atom stereocenters. The number of hydrazone groups is 1. The van der Waals surface area contributed by atoms with E-state index in [-0.39, 0.29) is 11.3 Å². The molecule has 0 saturated carbocycles. The van der Waals surface area contributed by atoms with Crippen molar-refractivity contribution < 1.29 is 14.7 Å². The van der Waals surface area contributed by atoms with Gasteiger partial charge in [0.15, 0.2) is 5.54 Å². The maximum Gasteiger partial charge on any atom is 0.327 e. The first-order chi connectivity index (χ1) is 8.83. The fraction of sp³-hybridized carbons (Fsp3) is 0.750. The van der Waals surface area contributed by atoms with Crippen LogP contribution in [0.25, 0.3) is 0 Å². The van der Waals surface area contributed by atoms with Crippen LogP contribution < -0.4 is 5.43 Å². The molecule has 2 saturated heterocycles. The molecule has 3 rings (SSSR count). The molecule has 1 amide bonds. The molecule has 104 valence electrons. The van der Waals surface area contributed by atoms with Gasteiger partial charge in [-0.2, -0.15) is 5.10 Å². The van der Waals surface area contributed by atoms with Crippen molar-refractivity contribution in [3.05, 3.63) is 0 Å². The number of carboxylic acid groups (broad SMARTS) is 1. The number of fused-ring (bicyclic) bond motifs is 2. The zero-order valence-electron chi connectivity index (χ0n) is 11.1. The van der Waals surface area contributed by atoms with Crippen LogP contribution in [-0.4, -0.2) is 49.3 Å². The highest BCUT2D eigenvalue weighted by atomic mass is 32.2. The van der Waals surface area contributed by atoms with Crippen LogP contribution in [0.2, 0.25) is 0 Å². The smallest absolute Gasteiger partial charge is 0.327 e. The van der Waals surface area contributed by atoms with Crippen LogP contribution in [0.3, 0.4) is 0 Å². The Morgan fingerprint density at radius 1 is 1.63 bits per heavy atom. The summed E-state index contributed by atoms with van der Waals surface area (Å²) in [6.07, 6.45) is 1.41. The monoisotopic (exact) mass is 283 g/mol. The number of carbonyl (C=O) groups excluding carboxylic acids is 1. The Morgan fingerprint density at radius 3 is 2.84 bits per heavy atom. The number of β-lactam (4-membered cyclic amide) rings is 1. The molecule has 0 aromatic rings. The SMILES string of the molecule is CCC1=NNC2(C1)C(=O)N1[C@@H](C(=O)O)C(C)(C)S[C@@H]12. The van der Waals surface area contributed by atoms with Gasteiger partial charge in [-0.1, -0.05) is 6.92 Å². The lowest BCUT2D eigenvalue weighted by Gasteiger charge is -2.50. The molecule has 0 aliphatic carbocycles. The maximum absolute atomic E-state index is 12.4. The molecule has 0 aromatic heterocycles. The summed E-state index contributed by atoms with van der Waals surface area (Å²) in [6, 6.07) is -0.756. The molecule has 0 aromatic carbocycles. The summed E-state index contributed by atoms with van der Waals surface area (Å²) in [5.74, 6) is -1.06. The first kappa shape index (κ1) is 12.8. The van der Waals surface area contributed by atoms with Gasteiger partial charge < -0.3 is 10.0 Å². The van der Waals surface area contributed by atoms with Crippen molar-refractivity contribution in [2.24, 2.45) is 5.10 Å². The van der Waals surface area contributed by atoms with E-state index in [0.717, 1.165) is 12.1 Å². The third-order valence-corrected chi connectivity index (χ3v) is 5.86. The molecule has 2 fully saturated rings. The predicted molar refractivity (Wildman–Crippen MR) is 71.9 cm³/mol. The second kappa shape index (κ2) is 3.65. The Hall–Kier alpha value is -1.24. The van der Waals surface area contributed by atoms with Crippen molar-refractivity contribution >= 4 is 29.4 Å². The average Bonchev–Trinajstić information content (AvgIpc) is 2.88. The highest BCUT2D eigenvalue weighted by Gasteiger charge is 2.72. The van der Waals surface area contributed by atoms with Gasteiger partial charge >= 0.3 is 5.97 Å². The van der Waals surface area contributed by atoms with Gasteiger partial charge in [-0.25, -0.2) is 4.79 Å². The summed E-state index contributed by atoms with van der Waals surface area (Å²) in [4.78, 5) is 25.4.